The highest BCUT2D eigenvalue weighted by atomic mass is 35.5. The van der Waals surface area contributed by atoms with Crippen molar-refractivity contribution in [1.82, 2.24) is 5.32 Å². The van der Waals surface area contributed by atoms with Crippen LogP contribution in [0.2, 0.25) is 10.0 Å². The normalized spacial score (nSPS) is 15.4. The molecule has 0 radical (unpaired) electrons. The first-order chi connectivity index (χ1) is 16.3. The molecule has 1 aliphatic rings. The first-order valence-electron chi connectivity index (χ1n) is 11.2. The predicted octanol–water partition coefficient (Wildman–Crippen LogP) is 4.36. The first kappa shape index (κ1) is 26.0. The zero-order chi connectivity index (χ0) is 24.7. The van der Waals surface area contributed by atoms with Gasteiger partial charge in [0, 0.05) is 12.1 Å². The lowest BCUT2D eigenvalue weighted by molar-refractivity contribution is -0.146. The summed E-state index contributed by atoms with van der Waals surface area (Å²) in [5.41, 5.74) is 6.77. The van der Waals surface area contributed by atoms with E-state index in [0.717, 1.165) is 31.2 Å². The molecule has 0 bridgehead atoms. The fraction of sp³-hybridized carbons (Fsp3) is 0.400. The number of carbonyl (C=O) groups excluding carboxylic acids is 3. The Balaban J connectivity index is 1.69. The molecule has 0 aliphatic heterocycles. The minimum Gasteiger partial charge on any atom is -0.467 e. The predicted molar refractivity (Wildman–Crippen MR) is 133 cm³/mol. The van der Waals surface area contributed by atoms with Gasteiger partial charge in [0.1, 0.15) is 6.04 Å². The van der Waals surface area contributed by atoms with Crippen LogP contribution < -0.4 is 16.4 Å². The van der Waals surface area contributed by atoms with Crippen LogP contribution >= 0.6 is 23.2 Å². The SMILES string of the molecule is COC(=O)[C@H](Cc1ccc(NC(=O)c2c(Cl)cccc2Cl)cc1)NC(=O)C1(CCN)CCCC1. The molecule has 3 rings (SSSR count). The number of hydrogen-bond acceptors (Lipinski definition) is 5. The molecule has 182 valence electrons. The van der Waals surface area contributed by atoms with Gasteiger partial charge in [-0.05, 0) is 55.6 Å². The fourth-order valence-corrected chi connectivity index (χ4v) is 5.00. The third-order valence-electron chi connectivity index (χ3n) is 6.30. The standard InChI is InChI=1S/C25H29Cl2N3O4/c1-34-23(32)20(30-24(33)25(13-14-28)11-2-3-12-25)15-16-7-9-17(10-8-16)29-22(31)21-18(26)5-4-6-19(21)27/h4-10,20H,2-3,11-15,28H2,1H3,(H,29,31)(H,30,33)/t20-/m0/s1. The number of anilines is 1. The third kappa shape index (κ3) is 6.09. The van der Waals surface area contributed by atoms with Gasteiger partial charge in [-0.15, -0.1) is 0 Å². The Morgan fingerprint density at radius 3 is 2.24 bits per heavy atom. The van der Waals surface area contributed by atoms with E-state index in [0.29, 0.717) is 18.7 Å². The van der Waals surface area contributed by atoms with Gasteiger partial charge in [0.05, 0.1) is 28.1 Å². The monoisotopic (exact) mass is 505 g/mol. The maximum atomic E-state index is 13.1. The summed E-state index contributed by atoms with van der Waals surface area (Å²) in [5.74, 6) is -1.09. The first-order valence-corrected chi connectivity index (χ1v) is 12.0. The molecule has 9 heteroatoms. The molecular formula is C25H29Cl2N3O4. The maximum Gasteiger partial charge on any atom is 0.328 e. The topological polar surface area (TPSA) is 111 Å². The number of rotatable bonds is 9. The van der Waals surface area contributed by atoms with E-state index in [9.17, 15) is 14.4 Å². The molecular weight excluding hydrogens is 477 g/mol. The van der Waals surface area contributed by atoms with Crippen molar-refractivity contribution in [2.45, 2.75) is 44.6 Å². The molecule has 4 N–H and O–H groups in total. The molecule has 0 spiro atoms. The minimum absolute atomic E-state index is 0.147. The van der Waals surface area contributed by atoms with E-state index in [-0.39, 0.29) is 27.9 Å². The van der Waals surface area contributed by atoms with E-state index in [1.807, 2.05) is 0 Å². The van der Waals surface area contributed by atoms with E-state index < -0.39 is 23.3 Å². The van der Waals surface area contributed by atoms with E-state index in [2.05, 4.69) is 10.6 Å². The zero-order valence-electron chi connectivity index (χ0n) is 19.0. The number of amides is 2. The third-order valence-corrected chi connectivity index (χ3v) is 6.93. The van der Waals surface area contributed by atoms with Crippen LogP contribution in [0.4, 0.5) is 5.69 Å². The number of hydrogen-bond donors (Lipinski definition) is 3. The molecule has 2 aromatic rings. The number of halogens is 2. The fourth-order valence-electron chi connectivity index (χ4n) is 4.43. The van der Waals surface area contributed by atoms with Crippen molar-refractivity contribution in [1.29, 1.82) is 0 Å². The quantitative estimate of drug-likeness (QED) is 0.438. The lowest BCUT2D eigenvalue weighted by Crippen LogP contribution is -2.49. The van der Waals surface area contributed by atoms with E-state index in [1.165, 1.54) is 7.11 Å². The molecule has 1 fully saturated rings. The van der Waals surface area contributed by atoms with Crippen molar-refractivity contribution in [2.24, 2.45) is 11.1 Å². The number of carbonyl (C=O) groups is 3. The highest BCUT2D eigenvalue weighted by Gasteiger charge is 2.41. The maximum absolute atomic E-state index is 13.1. The van der Waals surface area contributed by atoms with Gasteiger partial charge in [0.25, 0.3) is 5.91 Å². The summed E-state index contributed by atoms with van der Waals surface area (Å²) in [5, 5.41) is 6.17. The van der Waals surface area contributed by atoms with Gasteiger partial charge in [0.15, 0.2) is 0 Å². The number of esters is 1. The average Bonchev–Trinajstić information content (AvgIpc) is 3.29. The summed E-state index contributed by atoms with van der Waals surface area (Å²) >= 11 is 12.2. The molecule has 1 aliphatic carbocycles. The molecule has 0 heterocycles. The summed E-state index contributed by atoms with van der Waals surface area (Å²) < 4.78 is 4.93. The van der Waals surface area contributed by atoms with Crippen molar-refractivity contribution in [2.75, 3.05) is 19.0 Å². The van der Waals surface area contributed by atoms with Crippen LogP contribution in [0.1, 0.15) is 48.0 Å². The highest BCUT2D eigenvalue weighted by Crippen LogP contribution is 2.41. The lowest BCUT2D eigenvalue weighted by Gasteiger charge is -2.29. The molecule has 2 aromatic carbocycles. The van der Waals surface area contributed by atoms with Crippen molar-refractivity contribution < 1.29 is 19.1 Å². The summed E-state index contributed by atoms with van der Waals surface area (Å²) in [7, 11) is 1.30. The smallest absolute Gasteiger partial charge is 0.328 e. The second kappa shape index (κ2) is 11.7. The molecule has 2 amide bonds. The average molecular weight is 506 g/mol. The highest BCUT2D eigenvalue weighted by molar-refractivity contribution is 6.40. The van der Waals surface area contributed by atoms with Crippen LogP contribution in [0.25, 0.3) is 0 Å². The van der Waals surface area contributed by atoms with Gasteiger partial charge in [-0.25, -0.2) is 4.79 Å². The Morgan fingerprint density at radius 1 is 1.06 bits per heavy atom. The number of benzene rings is 2. The van der Waals surface area contributed by atoms with Crippen LogP contribution in [-0.4, -0.2) is 37.5 Å². The number of ether oxygens (including phenoxy) is 1. The van der Waals surface area contributed by atoms with Gasteiger partial charge in [-0.2, -0.15) is 0 Å². The van der Waals surface area contributed by atoms with E-state index in [1.54, 1.807) is 42.5 Å². The molecule has 0 unspecified atom stereocenters. The molecule has 34 heavy (non-hydrogen) atoms. The van der Waals surface area contributed by atoms with E-state index >= 15 is 0 Å². The van der Waals surface area contributed by atoms with Gasteiger partial charge >= 0.3 is 5.97 Å². The van der Waals surface area contributed by atoms with Crippen molar-refractivity contribution in [3.05, 3.63) is 63.6 Å². The molecule has 0 aromatic heterocycles. The van der Waals surface area contributed by atoms with Gasteiger partial charge in [-0.1, -0.05) is 54.2 Å². The van der Waals surface area contributed by atoms with Gasteiger partial charge in [-0.3, -0.25) is 9.59 Å². The number of methoxy groups -OCH3 is 1. The molecule has 1 saturated carbocycles. The summed E-state index contributed by atoms with van der Waals surface area (Å²) in [4.78, 5) is 38.1. The zero-order valence-corrected chi connectivity index (χ0v) is 20.5. The van der Waals surface area contributed by atoms with Crippen LogP contribution in [0.3, 0.4) is 0 Å². The molecule has 1 atom stereocenters. The Kier molecular flexibility index (Phi) is 8.94. The number of nitrogens with two attached hydrogens (primary N) is 1. The molecule has 7 nitrogen and oxygen atoms in total. The van der Waals surface area contributed by atoms with Gasteiger partial charge in [0.2, 0.25) is 5.91 Å². The van der Waals surface area contributed by atoms with Crippen LogP contribution in [0, 0.1) is 5.41 Å². The Morgan fingerprint density at radius 2 is 1.68 bits per heavy atom. The van der Waals surface area contributed by atoms with Crippen molar-refractivity contribution in [3.8, 4) is 0 Å². The van der Waals surface area contributed by atoms with Gasteiger partial charge < -0.3 is 21.1 Å². The second-order valence-corrected chi connectivity index (χ2v) is 9.34. The summed E-state index contributed by atoms with van der Waals surface area (Å²) in [6, 6.07) is 11.0. The Labute approximate surface area is 209 Å². The lowest BCUT2D eigenvalue weighted by atomic mass is 9.81. The summed E-state index contributed by atoms with van der Waals surface area (Å²) in [6.07, 6.45) is 4.34. The molecule has 0 saturated heterocycles. The number of nitrogens with one attached hydrogen (secondary N) is 2. The van der Waals surface area contributed by atoms with Crippen molar-refractivity contribution >= 4 is 46.7 Å². The minimum atomic E-state index is -0.824. The van der Waals surface area contributed by atoms with Crippen LogP contribution in [-0.2, 0) is 20.7 Å². The largest absolute Gasteiger partial charge is 0.467 e. The van der Waals surface area contributed by atoms with Crippen LogP contribution in [0.5, 0.6) is 0 Å². The van der Waals surface area contributed by atoms with Crippen molar-refractivity contribution in [3.63, 3.8) is 0 Å². The Hall–Kier alpha value is -2.61. The Bertz CT molecular complexity index is 1020. The van der Waals surface area contributed by atoms with Crippen LogP contribution in [0.15, 0.2) is 42.5 Å². The second-order valence-electron chi connectivity index (χ2n) is 8.53. The summed E-state index contributed by atoms with van der Waals surface area (Å²) in [6.45, 7) is 0.420. The van der Waals surface area contributed by atoms with E-state index in [4.69, 9.17) is 33.7 Å².